The number of nitrogens with zero attached hydrogens (tertiary/aromatic N) is 3. The summed E-state index contributed by atoms with van der Waals surface area (Å²) < 4.78 is 11.2. The van der Waals surface area contributed by atoms with E-state index in [0.717, 1.165) is 39.6 Å². The summed E-state index contributed by atoms with van der Waals surface area (Å²) in [6, 6.07) is 39.5. The van der Waals surface area contributed by atoms with Crippen molar-refractivity contribution in [3.8, 4) is 28.6 Å². The van der Waals surface area contributed by atoms with Gasteiger partial charge in [-0.15, -0.1) is 11.3 Å². The molecule has 0 aliphatic rings. The summed E-state index contributed by atoms with van der Waals surface area (Å²) in [6.45, 7) is 0. The van der Waals surface area contributed by atoms with Crippen LogP contribution in [-0.2, 0) is 0 Å². The molecule has 5 heteroatoms. The highest BCUT2D eigenvalue weighted by molar-refractivity contribution is 7.26. The van der Waals surface area contributed by atoms with Crippen molar-refractivity contribution in [3.05, 3.63) is 128 Å². The Bertz CT molecular complexity index is 2150. The maximum Gasteiger partial charge on any atom is 0.137 e. The van der Waals surface area contributed by atoms with Crippen molar-refractivity contribution in [1.82, 2.24) is 14.5 Å². The lowest BCUT2D eigenvalue weighted by Gasteiger charge is -2.10. The summed E-state index contributed by atoms with van der Waals surface area (Å²) in [4.78, 5) is 9.21. The smallest absolute Gasteiger partial charge is 0.137 e. The second-order valence-corrected chi connectivity index (χ2v) is 10.6. The van der Waals surface area contributed by atoms with Crippen molar-refractivity contribution in [2.24, 2.45) is 0 Å². The summed E-state index contributed by atoms with van der Waals surface area (Å²) in [5, 5.41) is 5.01. The average molecular weight is 520 g/mol. The molecule has 0 fully saturated rings. The predicted octanol–water partition coefficient (Wildman–Crippen LogP) is 9.40. The standard InChI is InChI=1S/C34H21N3OS/c1-2-12-30-26(10-1)34-31(39-30)17-16-28-33(34)25-15-14-24(21-29(25)37(28)32-13-4-6-19-36-32)38-23-9-7-8-22(20-23)27-11-3-5-18-35-27/h1-21H. The monoisotopic (exact) mass is 519 g/mol. The zero-order valence-corrected chi connectivity index (χ0v) is 21.6. The molecule has 39 heavy (non-hydrogen) atoms. The van der Waals surface area contributed by atoms with E-state index in [2.05, 4.69) is 70.2 Å². The first-order valence-electron chi connectivity index (χ1n) is 12.8. The summed E-state index contributed by atoms with van der Waals surface area (Å²) in [7, 11) is 0. The molecule has 4 aromatic heterocycles. The third-order valence-corrected chi connectivity index (χ3v) is 8.29. The molecule has 0 aliphatic carbocycles. The summed E-state index contributed by atoms with van der Waals surface area (Å²) in [5.41, 5.74) is 4.13. The second kappa shape index (κ2) is 8.79. The molecule has 8 rings (SSSR count). The predicted molar refractivity (Wildman–Crippen MR) is 161 cm³/mol. The normalized spacial score (nSPS) is 11.6. The van der Waals surface area contributed by atoms with Crippen molar-refractivity contribution in [2.75, 3.05) is 0 Å². The third kappa shape index (κ3) is 3.59. The molecule has 0 amide bonds. The number of hydrogen-bond acceptors (Lipinski definition) is 4. The fourth-order valence-corrected chi connectivity index (χ4v) is 6.60. The molecule has 8 aromatic rings. The molecule has 4 nitrogen and oxygen atoms in total. The van der Waals surface area contributed by atoms with Gasteiger partial charge in [-0.1, -0.05) is 42.5 Å². The van der Waals surface area contributed by atoms with E-state index in [1.807, 2.05) is 72.1 Å². The van der Waals surface area contributed by atoms with E-state index < -0.39 is 0 Å². The molecule has 0 saturated carbocycles. The van der Waals surface area contributed by atoms with Gasteiger partial charge < -0.3 is 4.74 Å². The Balaban J connectivity index is 1.35. The number of hydrogen-bond donors (Lipinski definition) is 0. The minimum absolute atomic E-state index is 0.768. The second-order valence-electron chi connectivity index (χ2n) is 9.48. The van der Waals surface area contributed by atoms with Crippen LogP contribution in [0.15, 0.2) is 128 Å². The number of pyridine rings is 2. The summed E-state index contributed by atoms with van der Waals surface area (Å²) in [5.74, 6) is 2.42. The van der Waals surface area contributed by atoms with Crippen molar-refractivity contribution < 1.29 is 4.74 Å². The van der Waals surface area contributed by atoms with Crippen LogP contribution in [0.1, 0.15) is 0 Å². The number of benzene rings is 4. The van der Waals surface area contributed by atoms with E-state index in [1.165, 1.54) is 30.9 Å². The van der Waals surface area contributed by atoms with Crippen LogP contribution in [0.25, 0.3) is 59.1 Å². The van der Waals surface area contributed by atoms with Crippen LogP contribution in [0, 0.1) is 0 Å². The van der Waals surface area contributed by atoms with Crippen LogP contribution in [0.3, 0.4) is 0 Å². The minimum Gasteiger partial charge on any atom is -0.457 e. The molecule has 0 aliphatic heterocycles. The van der Waals surface area contributed by atoms with Crippen LogP contribution in [0.4, 0.5) is 0 Å². The fraction of sp³-hybridized carbons (Fsp3) is 0. The highest BCUT2D eigenvalue weighted by atomic mass is 32.1. The number of ether oxygens (including phenoxy) is 1. The largest absolute Gasteiger partial charge is 0.457 e. The van der Waals surface area contributed by atoms with E-state index >= 15 is 0 Å². The molecule has 0 N–H and O–H groups in total. The van der Waals surface area contributed by atoms with Gasteiger partial charge >= 0.3 is 0 Å². The highest BCUT2D eigenvalue weighted by Gasteiger charge is 2.19. The van der Waals surface area contributed by atoms with Gasteiger partial charge in [-0.3, -0.25) is 9.55 Å². The minimum atomic E-state index is 0.768. The molecule has 0 radical (unpaired) electrons. The van der Waals surface area contributed by atoms with E-state index in [4.69, 9.17) is 9.72 Å². The molecule has 0 unspecified atom stereocenters. The molecule has 184 valence electrons. The van der Waals surface area contributed by atoms with Crippen LogP contribution < -0.4 is 4.74 Å². The van der Waals surface area contributed by atoms with Gasteiger partial charge in [0.15, 0.2) is 0 Å². The fourth-order valence-electron chi connectivity index (χ4n) is 5.49. The van der Waals surface area contributed by atoms with E-state index in [-0.39, 0.29) is 0 Å². The van der Waals surface area contributed by atoms with Crippen molar-refractivity contribution >= 4 is 53.3 Å². The Hall–Kier alpha value is -5.00. The van der Waals surface area contributed by atoms with Crippen LogP contribution >= 0.6 is 11.3 Å². The van der Waals surface area contributed by atoms with E-state index in [0.29, 0.717) is 0 Å². The Kier molecular flexibility index (Phi) is 4.96. The number of fused-ring (bicyclic) bond motifs is 7. The third-order valence-electron chi connectivity index (χ3n) is 7.15. The van der Waals surface area contributed by atoms with Crippen molar-refractivity contribution in [1.29, 1.82) is 0 Å². The van der Waals surface area contributed by atoms with Crippen LogP contribution in [0.5, 0.6) is 11.5 Å². The lowest BCUT2D eigenvalue weighted by atomic mass is 10.1. The first-order valence-corrected chi connectivity index (χ1v) is 13.6. The number of rotatable bonds is 4. The van der Waals surface area contributed by atoms with Crippen molar-refractivity contribution in [3.63, 3.8) is 0 Å². The lowest BCUT2D eigenvalue weighted by molar-refractivity contribution is 0.483. The zero-order valence-electron chi connectivity index (χ0n) is 20.8. The summed E-state index contributed by atoms with van der Waals surface area (Å²) >= 11 is 1.84. The molecule has 0 atom stereocenters. The molecular weight excluding hydrogens is 498 g/mol. The van der Waals surface area contributed by atoms with Gasteiger partial charge in [0, 0.05) is 55.0 Å². The van der Waals surface area contributed by atoms with Crippen LogP contribution in [0.2, 0.25) is 0 Å². The van der Waals surface area contributed by atoms with Gasteiger partial charge in [0.05, 0.1) is 16.7 Å². The maximum atomic E-state index is 6.42. The van der Waals surface area contributed by atoms with Crippen LogP contribution in [-0.4, -0.2) is 14.5 Å². The Morgan fingerprint density at radius 3 is 2.28 bits per heavy atom. The number of aromatic nitrogens is 3. The Morgan fingerprint density at radius 2 is 1.41 bits per heavy atom. The Labute approximate surface area is 228 Å². The van der Waals surface area contributed by atoms with Crippen molar-refractivity contribution in [2.45, 2.75) is 0 Å². The summed E-state index contributed by atoms with van der Waals surface area (Å²) in [6.07, 6.45) is 3.65. The topological polar surface area (TPSA) is 39.9 Å². The van der Waals surface area contributed by atoms with E-state index in [9.17, 15) is 0 Å². The quantitative estimate of drug-likeness (QED) is 0.232. The SMILES string of the molecule is c1ccc(-c2cccc(Oc3ccc4c5c6c(ccc5n(-c5ccccn5)c4c3)sc3ccccc36)c2)nc1. The molecular formula is C34H21N3OS. The molecule has 0 bridgehead atoms. The Morgan fingerprint density at radius 1 is 0.564 bits per heavy atom. The molecule has 0 saturated heterocycles. The first-order chi connectivity index (χ1) is 19.3. The molecule has 4 heterocycles. The molecule has 4 aromatic carbocycles. The van der Waals surface area contributed by atoms with E-state index in [1.54, 1.807) is 6.20 Å². The lowest BCUT2D eigenvalue weighted by Crippen LogP contribution is -1.96. The number of thiophene rings is 1. The average Bonchev–Trinajstić information content (AvgIpc) is 3.53. The molecule has 0 spiro atoms. The van der Waals surface area contributed by atoms with Gasteiger partial charge in [-0.05, 0) is 66.7 Å². The first kappa shape index (κ1) is 22.0. The van der Waals surface area contributed by atoms with Gasteiger partial charge in [-0.2, -0.15) is 0 Å². The highest BCUT2D eigenvalue weighted by Crippen LogP contribution is 2.44. The van der Waals surface area contributed by atoms with Gasteiger partial charge in [0.25, 0.3) is 0 Å². The van der Waals surface area contributed by atoms with Gasteiger partial charge in [0.1, 0.15) is 17.3 Å². The van der Waals surface area contributed by atoms with Gasteiger partial charge in [0.2, 0.25) is 0 Å². The zero-order chi connectivity index (χ0) is 25.8. The van der Waals surface area contributed by atoms with Gasteiger partial charge in [-0.25, -0.2) is 4.98 Å². The maximum absolute atomic E-state index is 6.42.